The second-order valence-electron chi connectivity index (χ2n) is 7.85. The third-order valence-electron chi connectivity index (χ3n) is 5.53. The number of halogens is 1. The van der Waals surface area contributed by atoms with Crippen LogP contribution in [0.4, 0.5) is 10.1 Å². The Kier molecular flexibility index (Phi) is 6.56. The van der Waals surface area contributed by atoms with E-state index in [1.807, 2.05) is 29.2 Å². The number of benzene rings is 2. The molecule has 1 aliphatic rings. The molecular formula is C23H25FN4O2S. The fraction of sp³-hybridized carbons (Fsp3) is 0.348. The Bertz CT molecular complexity index is 1090. The van der Waals surface area contributed by atoms with Crippen LogP contribution < -0.4 is 5.32 Å². The Morgan fingerprint density at radius 2 is 1.84 bits per heavy atom. The lowest BCUT2D eigenvalue weighted by Gasteiger charge is -2.30. The average molecular weight is 441 g/mol. The van der Waals surface area contributed by atoms with Crippen LogP contribution in [-0.4, -0.2) is 45.1 Å². The molecule has 162 valence electrons. The van der Waals surface area contributed by atoms with Crippen molar-refractivity contribution in [3.05, 3.63) is 54.3 Å². The quantitative estimate of drug-likeness (QED) is 0.585. The van der Waals surface area contributed by atoms with Gasteiger partial charge in [0.1, 0.15) is 12.4 Å². The van der Waals surface area contributed by atoms with E-state index in [4.69, 9.17) is 0 Å². The topological polar surface area (TPSA) is 67.2 Å². The summed E-state index contributed by atoms with van der Waals surface area (Å²) in [7, 11) is 0. The van der Waals surface area contributed by atoms with Crippen molar-refractivity contribution in [2.75, 3.05) is 24.2 Å². The Labute approximate surface area is 184 Å². The fourth-order valence-electron chi connectivity index (χ4n) is 3.69. The smallest absolute Gasteiger partial charge is 0.244 e. The number of rotatable bonds is 6. The van der Waals surface area contributed by atoms with E-state index in [1.165, 1.54) is 23.9 Å². The molecule has 8 heteroatoms. The van der Waals surface area contributed by atoms with Gasteiger partial charge in [-0.2, -0.15) is 0 Å². The van der Waals surface area contributed by atoms with Crippen molar-refractivity contribution < 1.29 is 14.0 Å². The van der Waals surface area contributed by atoms with Gasteiger partial charge in [0, 0.05) is 13.1 Å². The van der Waals surface area contributed by atoms with Crippen LogP contribution in [0.5, 0.6) is 0 Å². The first kappa shape index (κ1) is 21.4. The standard InChI is InChI=1S/C23H25FN4O2S/c1-16-10-12-27(13-11-16)22(30)15-31-23-26-19-8-4-5-9-20(19)28(23)14-21(29)25-18-7-3-2-6-17(18)24/h2-9,16H,10-15H2,1H3,(H,25,29). The third kappa shape index (κ3) is 5.07. The summed E-state index contributed by atoms with van der Waals surface area (Å²) in [4.78, 5) is 31.8. The normalized spacial score (nSPS) is 14.7. The number of nitrogens with zero attached hydrogens (tertiary/aromatic N) is 3. The Morgan fingerprint density at radius 3 is 2.61 bits per heavy atom. The molecular weight excluding hydrogens is 415 g/mol. The molecule has 0 saturated carbocycles. The number of likely N-dealkylation sites (tertiary alicyclic amines) is 1. The lowest BCUT2D eigenvalue weighted by atomic mass is 9.99. The predicted octanol–water partition coefficient (Wildman–Crippen LogP) is 4.16. The zero-order valence-corrected chi connectivity index (χ0v) is 18.2. The van der Waals surface area contributed by atoms with E-state index in [9.17, 15) is 14.0 Å². The Balaban J connectivity index is 1.48. The van der Waals surface area contributed by atoms with Crippen molar-refractivity contribution in [3.8, 4) is 0 Å². The molecule has 0 aliphatic carbocycles. The number of carbonyl (C=O) groups is 2. The molecule has 1 aromatic heterocycles. The summed E-state index contributed by atoms with van der Waals surface area (Å²) in [6.45, 7) is 3.78. The van der Waals surface area contributed by atoms with E-state index in [-0.39, 0.29) is 29.8 Å². The summed E-state index contributed by atoms with van der Waals surface area (Å²) < 4.78 is 15.7. The molecule has 4 rings (SSSR count). The highest BCUT2D eigenvalue weighted by molar-refractivity contribution is 7.99. The van der Waals surface area contributed by atoms with Crippen LogP contribution in [0.25, 0.3) is 11.0 Å². The van der Waals surface area contributed by atoms with E-state index in [0.717, 1.165) is 37.0 Å². The van der Waals surface area contributed by atoms with Crippen molar-refractivity contribution in [1.82, 2.24) is 14.5 Å². The summed E-state index contributed by atoms with van der Waals surface area (Å²) >= 11 is 1.33. The van der Waals surface area contributed by atoms with Gasteiger partial charge in [-0.25, -0.2) is 9.37 Å². The van der Waals surface area contributed by atoms with E-state index in [0.29, 0.717) is 11.1 Å². The first-order valence-electron chi connectivity index (χ1n) is 10.4. The lowest BCUT2D eigenvalue weighted by molar-refractivity contribution is -0.129. The molecule has 1 saturated heterocycles. The molecule has 6 nitrogen and oxygen atoms in total. The fourth-order valence-corrected chi connectivity index (χ4v) is 4.60. The minimum atomic E-state index is -0.484. The summed E-state index contributed by atoms with van der Waals surface area (Å²) in [6, 6.07) is 13.6. The number of para-hydroxylation sites is 3. The van der Waals surface area contributed by atoms with E-state index < -0.39 is 5.82 Å². The molecule has 0 spiro atoms. The van der Waals surface area contributed by atoms with Crippen LogP contribution in [0.3, 0.4) is 0 Å². The van der Waals surface area contributed by atoms with Gasteiger partial charge in [-0.15, -0.1) is 0 Å². The Hall–Kier alpha value is -2.87. The molecule has 3 aromatic rings. The zero-order valence-electron chi connectivity index (χ0n) is 17.4. The maximum Gasteiger partial charge on any atom is 0.244 e. The highest BCUT2D eigenvalue weighted by Gasteiger charge is 2.22. The number of aromatic nitrogens is 2. The van der Waals surface area contributed by atoms with Gasteiger partial charge < -0.3 is 14.8 Å². The summed E-state index contributed by atoms with van der Waals surface area (Å²) in [5.41, 5.74) is 1.69. The van der Waals surface area contributed by atoms with Crippen molar-refractivity contribution >= 4 is 40.3 Å². The van der Waals surface area contributed by atoms with Gasteiger partial charge in [-0.3, -0.25) is 9.59 Å². The Morgan fingerprint density at radius 1 is 1.13 bits per heavy atom. The van der Waals surface area contributed by atoms with Gasteiger partial charge in [0.05, 0.1) is 22.5 Å². The lowest BCUT2D eigenvalue weighted by Crippen LogP contribution is -2.38. The monoisotopic (exact) mass is 440 g/mol. The molecule has 1 fully saturated rings. The molecule has 31 heavy (non-hydrogen) atoms. The van der Waals surface area contributed by atoms with Gasteiger partial charge in [-0.05, 0) is 43.0 Å². The third-order valence-corrected chi connectivity index (χ3v) is 6.49. The van der Waals surface area contributed by atoms with Gasteiger partial charge in [0.2, 0.25) is 11.8 Å². The molecule has 0 bridgehead atoms. The highest BCUT2D eigenvalue weighted by Crippen LogP contribution is 2.25. The number of anilines is 1. The molecule has 2 aromatic carbocycles. The van der Waals surface area contributed by atoms with Crippen LogP contribution in [0, 0.1) is 11.7 Å². The maximum atomic E-state index is 13.9. The highest BCUT2D eigenvalue weighted by atomic mass is 32.2. The molecule has 0 unspecified atom stereocenters. The number of imidazole rings is 1. The number of thioether (sulfide) groups is 1. The first-order chi connectivity index (χ1) is 15.0. The van der Waals surface area contributed by atoms with Crippen molar-refractivity contribution in [2.24, 2.45) is 5.92 Å². The number of nitrogens with one attached hydrogen (secondary N) is 1. The van der Waals surface area contributed by atoms with Crippen LogP contribution >= 0.6 is 11.8 Å². The number of hydrogen-bond acceptors (Lipinski definition) is 4. The van der Waals surface area contributed by atoms with Gasteiger partial charge in [-0.1, -0.05) is 43.0 Å². The molecule has 0 radical (unpaired) electrons. The van der Waals surface area contributed by atoms with Crippen LogP contribution in [0.1, 0.15) is 19.8 Å². The average Bonchev–Trinajstić information content (AvgIpc) is 3.11. The van der Waals surface area contributed by atoms with Crippen LogP contribution in [0.2, 0.25) is 0 Å². The van der Waals surface area contributed by atoms with E-state index in [2.05, 4.69) is 17.2 Å². The molecule has 1 N–H and O–H groups in total. The molecule has 2 heterocycles. The minimum absolute atomic E-state index is 0.0212. The van der Waals surface area contributed by atoms with E-state index in [1.54, 1.807) is 16.7 Å². The summed E-state index contributed by atoms with van der Waals surface area (Å²) in [6.07, 6.45) is 2.07. The van der Waals surface area contributed by atoms with E-state index >= 15 is 0 Å². The summed E-state index contributed by atoms with van der Waals surface area (Å²) in [5, 5.41) is 3.21. The number of amides is 2. The van der Waals surface area contributed by atoms with Gasteiger partial charge in [0.15, 0.2) is 5.16 Å². The van der Waals surface area contributed by atoms with Gasteiger partial charge in [0.25, 0.3) is 0 Å². The zero-order chi connectivity index (χ0) is 21.8. The molecule has 2 amide bonds. The van der Waals surface area contributed by atoms with Crippen molar-refractivity contribution in [2.45, 2.75) is 31.5 Å². The van der Waals surface area contributed by atoms with Crippen LogP contribution in [-0.2, 0) is 16.1 Å². The van der Waals surface area contributed by atoms with Gasteiger partial charge >= 0.3 is 0 Å². The number of carbonyl (C=O) groups excluding carboxylic acids is 2. The predicted molar refractivity (Wildman–Crippen MR) is 120 cm³/mol. The largest absolute Gasteiger partial charge is 0.342 e. The van der Waals surface area contributed by atoms with Crippen LogP contribution in [0.15, 0.2) is 53.7 Å². The number of hydrogen-bond donors (Lipinski definition) is 1. The second-order valence-corrected chi connectivity index (χ2v) is 8.79. The summed E-state index contributed by atoms with van der Waals surface area (Å²) in [5.74, 6) is 0.182. The van der Waals surface area contributed by atoms with Crippen molar-refractivity contribution in [1.29, 1.82) is 0 Å². The maximum absolute atomic E-state index is 13.9. The second kappa shape index (κ2) is 9.51. The number of piperidine rings is 1. The molecule has 1 aliphatic heterocycles. The number of fused-ring (bicyclic) bond motifs is 1. The SMILES string of the molecule is CC1CCN(C(=O)CSc2nc3ccccc3n2CC(=O)Nc2ccccc2F)CC1. The first-order valence-corrected chi connectivity index (χ1v) is 11.4. The molecule has 0 atom stereocenters. The van der Waals surface area contributed by atoms with Crippen molar-refractivity contribution in [3.63, 3.8) is 0 Å². The minimum Gasteiger partial charge on any atom is -0.342 e.